The van der Waals surface area contributed by atoms with Crippen LogP contribution in [0.5, 0.6) is 0 Å². The Balaban J connectivity index is 1.94. The summed E-state index contributed by atoms with van der Waals surface area (Å²) in [7, 11) is 0. The van der Waals surface area contributed by atoms with Crippen LogP contribution < -0.4 is 0 Å². The number of thiophene rings is 1. The Hall–Kier alpha value is -2.00. The lowest BCUT2D eigenvalue weighted by atomic mass is 10.00. The molecule has 3 heteroatoms. The van der Waals surface area contributed by atoms with Crippen molar-refractivity contribution in [3.63, 3.8) is 0 Å². The van der Waals surface area contributed by atoms with E-state index in [1.807, 2.05) is 36.4 Å². The fourth-order valence-electron chi connectivity index (χ4n) is 3.02. The summed E-state index contributed by atoms with van der Waals surface area (Å²) in [5, 5.41) is 0. The molecule has 2 aromatic carbocycles. The van der Waals surface area contributed by atoms with Crippen molar-refractivity contribution < 1.29 is 8.78 Å². The van der Waals surface area contributed by atoms with Gasteiger partial charge in [0.25, 0.3) is 0 Å². The van der Waals surface area contributed by atoms with Crippen LogP contribution >= 0.6 is 11.3 Å². The predicted molar refractivity (Wildman–Crippen MR) is 103 cm³/mol. The molecule has 0 unspecified atom stereocenters. The fourth-order valence-corrected chi connectivity index (χ4v) is 4.18. The number of hydrogen-bond acceptors (Lipinski definition) is 1. The van der Waals surface area contributed by atoms with Crippen LogP contribution in [0.4, 0.5) is 8.78 Å². The van der Waals surface area contributed by atoms with E-state index in [1.165, 1.54) is 29.0 Å². The molecular formula is C22H22F2S. The zero-order valence-corrected chi connectivity index (χ0v) is 15.4. The lowest BCUT2D eigenvalue weighted by Gasteiger charge is -2.08. The van der Waals surface area contributed by atoms with E-state index in [4.69, 9.17) is 0 Å². The van der Waals surface area contributed by atoms with Crippen LogP contribution in [-0.2, 0) is 12.8 Å². The van der Waals surface area contributed by atoms with Gasteiger partial charge in [0.2, 0.25) is 0 Å². The third-order valence-electron chi connectivity index (χ3n) is 4.27. The van der Waals surface area contributed by atoms with Gasteiger partial charge in [0, 0.05) is 9.75 Å². The molecule has 3 rings (SSSR count). The minimum atomic E-state index is -0.502. The summed E-state index contributed by atoms with van der Waals surface area (Å²) in [5.41, 5.74) is 2.73. The molecule has 0 aliphatic heterocycles. The molecule has 3 aromatic rings. The van der Waals surface area contributed by atoms with Gasteiger partial charge in [-0.15, -0.1) is 11.3 Å². The van der Waals surface area contributed by atoms with Crippen molar-refractivity contribution in [1.29, 1.82) is 0 Å². The molecule has 0 saturated carbocycles. The van der Waals surface area contributed by atoms with Crippen molar-refractivity contribution in [1.82, 2.24) is 0 Å². The molecule has 0 saturated heterocycles. The summed E-state index contributed by atoms with van der Waals surface area (Å²) in [4.78, 5) is 1.81. The smallest absolute Gasteiger partial charge is 0.135 e. The maximum Gasteiger partial charge on any atom is 0.135 e. The Kier molecular flexibility index (Phi) is 5.64. The summed E-state index contributed by atoms with van der Waals surface area (Å²) in [6, 6.07) is 14.6. The molecule has 0 amide bonds. The van der Waals surface area contributed by atoms with Crippen molar-refractivity contribution >= 4 is 11.3 Å². The van der Waals surface area contributed by atoms with Crippen molar-refractivity contribution in [2.45, 2.75) is 39.5 Å². The largest absolute Gasteiger partial charge is 0.206 e. The van der Waals surface area contributed by atoms with E-state index in [2.05, 4.69) is 13.8 Å². The summed E-state index contributed by atoms with van der Waals surface area (Å²) < 4.78 is 29.3. The van der Waals surface area contributed by atoms with Gasteiger partial charge in [-0.3, -0.25) is 0 Å². The van der Waals surface area contributed by atoms with Gasteiger partial charge in [-0.2, -0.15) is 0 Å². The number of aryl methyl sites for hydroxylation is 2. The van der Waals surface area contributed by atoms with Gasteiger partial charge >= 0.3 is 0 Å². The zero-order chi connectivity index (χ0) is 17.8. The van der Waals surface area contributed by atoms with E-state index in [-0.39, 0.29) is 5.56 Å². The van der Waals surface area contributed by atoms with Gasteiger partial charge in [-0.1, -0.05) is 51.0 Å². The van der Waals surface area contributed by atoms with Gasteiger partial charge in [-0.05, 0) is 53.8 Å². The average Bonchev–Trinajstić information content (AvgIpc) is 3.04. The molecule has 0 aliphatic carbocycles. The van der Waals surface area contributed by atoms with Crippen LogP contribution in [0.2, 0.25) is 0 Å². The van der Waals surface area contributed by atoms with Crippen molar-refractivity contribution in [3.05, 3.63) is 70.6 Å². The van der Waals surface area contributed by atoms with Crippen LogP contribution in [0, 0.1) is 11.6 Å². The maximum absolute atomic E-state index is 14.6. The van der Waals surface area contributed by atoms with Crippen LogP contribution in [0.1, 0.15) is 37.1 Å². The summed E-state index contributed by atoms with van der Waals surface area (Å²) in [5.74, 6) is -1.00. The monoisotopic (exact) mass is 356 g/mol. The van der Waals surface area contributed by atoms with Crippen molar-refractivity contribution in [3.8, 4) is 21.6 Å². The van der Waals surface area contributed by atoms with Crippen LogP contribution in [0.15, 0.2) is 48.5 Å². The first kappa shape index (κ1) is 17.8. The number of rotatable bonds is 6. The van der Waals surface area contributed by atoms with Crippen molar-refractivity contribution in [2.24, 2.45) is 0 Å². The highest BCUT2D eigenvalue weighted by atomic mass is 32.1. The maximum atomic E-state index is 14.6. The second kappa shape index (κ2) is 7.92. The summed E-state index contributed by atoms with van der Waals surface area (Å²) >= 11 is 1.47. The Morgan fingerprint density at radius 3 is 2.00 bits per heavy atom. The van der Waals surface area contributed by atoms with E-state index >= 15 is 0 Å². The van der Waals surface area contributed by atoms with Gasteiger partial charge in [-0.25, -0.2) is 8.78 Å². The molecule has 0 fully saturated rings. The highest BCUT2D eigenvalue weighted by Gasteiger charge is 2.16. The first-order chi connectivity index (χ1) is 12.1. The predicted octanol–water partition coefficient (Wildman–Crippen LogP) is 7.27. The van der Waals surface area contributed by atoms with Crippen LogP contribution in [0.3, 0.4) is 0 Å². The van der Waals surface area contributed by atoms with Gasteiger partial charge in [0.15, 0.2) is 0 Å². The van der Waals surface area contributed by atoms with Crippen molar-refractivity contribution in [2.75, 3.05) is 0 Å². The molecule has 0 N–H and O–H groups in total. The topological polar surface area (TPSA) is 0 Å². The first-order valence-electron chi connectivity index (χ1n) is 8.79. The average molecular weight is 356 g/mol. The summed E-state index contributed by atoms with van der Waals surface area (Å²) in [6.07, 6.45) is 4.06. The molecular weight excluding hydrogens is 334 g/mol. The van der Waals surface area contributed by atoms with Crippen LogP contribution in [0.25, 0.3) is 21.6 Å². The van der Waals surface area contributed by atoms with E-state index in [0.29, 0.717) is 10.4 Å². The molecule has 0 aliphatic rings. The molecule has 0 radical (unpaired) electrons. The minimum Gasteiger partial charge on any atom is -0.206 e. The normalized spacial score (nSPS) is 11.0. The molecule has 130 valence electrons. The van der Waals surface area contributed by atoms with Gasteiger partial charge in [0.1, 0.15) is 11.6 Å². The molecule has 0 atom stereocenters. The second-order valence-corrected chi connectivity index (χ2v) is 7.45. The zero-order valence-electron chi connectivity index (χ0n) is 14.6. The summed E-state index contributed by atoms with van der Waals surface area (Å²) in [6.45, 7) is 4.23. The quantitative estimate of drug-likeness (QED) is 0.436. The molecule has 25 heavy (non-hydrogen) atoms. The first-order valence-corrected chi connectivity index (χ1v) is 9.61. The Morgan fingerprint density at radius 2 is 1.40 bits per heavy atom. The minimum absolute atomic E-state index is 0.0821. The molecule has 0 spiro atoms. The third-order valence-corrected chi connectivity index (χ3v) is 5.44. The fraction of sp³-hybridized carbons (Fsp3) is 0.273. The Bertz CT molecular complexity index is 824. The van der Waals surface area contributed by atoms with E-state index in [0.717, 1.165) is 36.1 Å². The van der Waals surface area contributed by atoms with Gasteiger partial charge in [0.05, 0.1) is 5.56 Å². The number of halogens is 2. The third kappa shape index (κ3) is 3.98. The second-order valence-electron chi connectivity index (χ2n) is 6.28. The van der Waals surface area contributed by atoms with Crippen LogP contribution in [-0.4, -0.2) is 0 Å². The molecule has 1 heterocycles. The Labute approximate surface area is 152 Å². The highest BCUT2D eigenvalue weighted by Crippen LogP contribution is 2.35. The molecule has 0 nitrogen and oxygen atoms in total. The highest BCUT2D eigenvalue weighted by molar-refractivity contribution is 7.15. The molecule has 0 bridgehead atoms. The Morgan fingerprint density at radius 1 is 0.760 bits per heavy atom. The number of hydrogen-bond donors (Lipinski definition) is 0. The SMILES string of the molecule is CCCc1ccc(-c2cc(F)c(-c3ccc(CCC)s3)c(F)c2)cc1. The standard InChI is InChI=1S/C22H22F2S/c1-3-5-15-7-9-16(10-8-15)17-13-19(23)22(20(24)14-17)21-12-11-18(25-21)6-4-2/h7-14H,3-6H2,1-2H3. The van der Waals surface area contributed by atoms with E-state index in [9.17, 15) is 8.78 Å². The van der Waals surface area contributed by atoms with E-state index in [1.54, 1.807) is 0 Å². The van der Waals surface area contributed by atoms with Gasteiger partial charge < -0.3 is 0 Å². The lowest BCUT2D eigenvalue weighted by molar-refractivity contribution is 0.591. The molecule has 1 aromatic heterocycles. The van der Waals surface area contributed by atoms with E-state index < -0.39 is 11.6 Å². The number of benzene rings is 2. The lowest BCUT2D eigenvalue weighted by Crippen LogP contribution is -1.91.